The van der Waals surface area contributed by atoms with Crippen molar-refractivity contribution in [3.63, 3.8) is 0 Å². The Morgan fingerprint density at radius 1 is 1.55 bits per heavy atom. The van der Waals surface area contributed by atoms with E-state index in [4.69, 9.17) is 11.6 Å². The summed E-state index contributed by atoms with van der Waals surface area (Å²) in [7, 11) is 0. The lowest BCUT2D eigenvalue weighted by Crippen LogP contribution is -2.49. The highest BCUT2D eigenvalue weighted by atomic mass is 35.5. The zero-order chi connectivity index (χ0) is 14.7. The lowest BCUT2D eigenvalue weighted by Gasteiger charge is -2.37. The standard InChI is InChI=1S/C15H21ClN2O2/c1-3-12-9-13(19)6-7-18(12)15(20)17-11-5-4-10(2)14(16)8-11/h4-5,8,12-13,19H,3,6-7,9H2,1-2H3,(H,17,20)/t12-,13-/m0/s1. The minimum atomic E-state index is -0.294. The molecule has 0 aliphatic carbocycles. The third kappa shape index (κ3) is 3.44. The van der Waals surface area contributed by atoms with Crippen LogP contribution >= 0.6 is 11.6 Å². The first-order valence-corrected chi connectivity index (χ1v) is 7.41. The number of hydrogen-bond acceptors (Lipinski definition) is 2. The molecule has 0 radical (unpaired) electrons. The van der Waals surface area contributed by atoms with Crippen molar-refractivity contribution in [3.05, 3.63) is 28.8 Å². The molecular formula is C15H21ClN2O2. The number of urea groups is 1. The van der Waals surface area contributed by atoms with Gasteiger partial charge in [-0.1, -0.05) is 24.6 Å². The first-order valence-electron chi connectivity index (χ1n) is 7.03. The summed E-state index contributed by atoms with van der Waals surface area (Å²) in [5.74, 6) is 0. The molecule has 4 nitrogen and oxygen atoms in total. The molecule has 0 unspecified atom stereocenters. The van der Waals surface area contributed by atoms with Gasteiger partial charge in [0.05, 0.1) is 6.10 Å². The minimum Gasteiger partial charge on any atom is -0.393 e. The molecule has 1 fully saturated rings. The fourth-order valence-corrected chi connectivity index (χ4v) is 2.73. The topological polar surface area (TPSA) is 52.6 Å². The van der Waals surface area contributed by atoms with Gasteiger partial charge in [-0.25, -0.2) is 4.79 Å². The molecule has 20 heavy (non-hydrogen) atoms. The number of nitrogens with one attached hydrogen (secondary N) is 1. The van der Waals surface area contributed by atoms with Crippen molar-refractivity contribution in [1.82, 2.24) is 4.90 Å². The average Bonchev–Trinajstić information content (AvgIpc) is 2.42. The minimum absolute atomic E-state index is 0.0969. The summed E-state index contributed by atoms with van der Waals surface area (Å²) in [5.41, 5.74) is 1.68. The Balaban J connectivity index is 2.05. The highest BCUT2D eigenvalue weighted by molar-refractivity contribution is 6.31. The Morgan fingerprint density at radius 3 is 2.95 bits per heavy atom. The first kappa shape index (κ1) is 15.1. The number of hydrogen-bond donors (Lipinski definition) is 2. The first-order chi connectivity index (χ1) is 9.51. The monoisotopic (exact) mass is 296 g/mol. The smallest absolute Gasteiger partial charge is 0.322 e. The number of nitrogens with zero attached hydrogens (tertiary/aromatic N) is 1. The van der Waals surface area contributed by atoms with Crippen LogP contribution in [0.4, 0.5) is 10.5 Å². The van der Waals surface area contributed by atoms with Crippen LogP contribution in [0.25, 0.3) is 0 Å². The van der Waals surface area contributed by atoms with Crippen LogP contribution in [0.2, 0.25) is 5.02 Å². The quantitative estimate of drug-likeness (QED) is 0.878. The lowest BCUT2D eigenvalue weighted by atomic mass is 9.98. The van der Waals surface area contributed by atoms with Gasteiger partial charge in [-0.3, -0.25) is 0 Å². The van der Waals surface area contributed by atoms with E-state index in [-0.39, 0.29) is 18.2 Å². The van der Waals surface area contributed by atoms with Crippen molar-refractivity contribution in [2.75, 3.05) is 11.9 Å². The number of carbonyl (C=O) groups excluding carboxylic acids is 1. The molecule has 1 aliphatic heterocycles. The maximum atomic E-state index is 12.3. The highest BCUT2D eigenvalue weighted by Gasteiger charge is 2.29. The predicted octanol–water partition coefficient (Wildman–Crippen LogP) is 3.42. The largest absolute Gasteiger partial charge is 0.393 e. The van der Waals surface area contributed by atoms with Crippen LogP contribution in [0.5, 0.6) is 0 Å². The van der Waals surface area contributed by atoms with Crippen molar-refractivity contribution < 1.29 is 9.90 Å². The number of aliphatic hydroxyl groups is 1. The zero-order valence-electron chi connectivity index (χ0n) is 11.9. The van der Waals surface area contributed by atoms with Gasteiger partial charge >= 0.3 is 6.03 Å². The van der Waals surface area contributed by atoms with Crippen molar-refractivity contribution >= 4 is 23.3 Å². The Hall–Kier alpha value is -1.26. The second-order valence-electron chi connectivity index (χ2n) is 5.33. The van der Waals surface area contributed by atoms with E-state index in [9.17, 15) is 9.90 Å². The van der Waals surface area contributed by atoms with Crippen LogP contribution < -0.4 is 5.32 Å². The van der Waals surface area contributed by atoms with Crippen LogP contribution in [0.1, 0.15) is 31.7 Å². The normalized spacial score (nSPS) is 22.7. The number of amides is 2. The van der Waals surface area contributed by atoms with Gasteiger partial charge in [0.2, 0.25) is 0 Å². The van der Waals surface area contributed by atoms with Crippen LogP contribution in [0.3, 0.4) is 0 Å². The Bertz CT molecular complexity index is 493. The molecule has 2 N–H and O–H groups in total. The summed E-state index contributed by atoms with van der Waals surface area (Å²) < 4.78 is 0. The number of aliphatic hydroxyl groups excluding tert-OH is 1. The van der Waals surface area contributed by atoms with E-state index in [1.165, 1.54) is 0 Å². The Labute approximate surface area is 124 Å². The van der Waals surface area contributed by atoms with E-state index < -0.39 is 0 Å². The molecule has 2 rings (SSSR count). The van der Waals surface area contributed by atoms with Gasteiger partial charge in [-0.2, -0.15) is 0 Å². The number of likely N-dealkylation sites (tertiary alicyclic amines) is 1. The van der Waals surface area contributed by atoms with E-state index in [1.807, 2.05) is 26.0 Å². The van der Waals surface area contributed by atoms with E-state index in [1.54, 1.807) is 11.0 Å². The summed E-state index contributed by atoms with van der Waals surface area (Å²) >= 11 is 6.06. The van der Waals surface area contributed by atoms with Crippen molar-refractivity contribution in [2.45, 2.75) is 45.3 Å². The van der Waals surface area contributed by atoms with Gasteiger partial charge in [-0.05, 0) is 43.9 Å². The number of benzene rings is 1. The third-order valence-electron chi connectivity index (χ3n) is 3.84. The van der Waals surface area contributed by atoms with E-state index in [2.05, 4.69) is 5.32 Å². The maximum Gasteiger partial charge on any atom is 0.322 e. The Kier molecular flexibility index (Phi) is 4.89. The molecule has 0 aromatic heterocycles. The molecule has 1 saturated heterocycles. The molecule has 2 amide bonds. The SMILES string of the molecule is CC[C@H]1C[C@@H](O)CCN1C(=O)Nc1ccc(C)c(Cl)c1. The lowest BCUT2D eigenvalue weighted by molar-refractivity contribution is 0.0613. The number of carbonyl (C=O) groups is 1. The zero-order valence-corrected chi connectivity index (χ0v) is 12.7. The fourth-order valence-electron chi connectivity index (χ4n) is 2.55. The van der Waals surface area contributed by atoms with E-state index >= 15 is 0 Å². The summed E-state index contributed by atoms with van der Waals surface area (Å²) in [5, 5.41) is 13.2. The van der Waals surface area contributed by atoms with Gasteiger partial charge < -0.3 is 15.3 Å². The molecule has 1 heterocycles. The van der Waals surface area contributed by atoms with Gasteiger partial charge in [0.15, 0.2) is 0 Å². The second kappa shape index (κ2) is 6.46. The number of anilines is 1. The van der Waals surface area contributed by atoms with Crippen LogP contribution in [-0.2, 0) is 0 Å². The molecule has 0 bridgehead atoms. The van der Waals surface area contributed by atoms with Crippen molar-refractivity contribution in [3.8, 4) is 0 Å². The predicted molar refractivity (Wildman–Crippen MR) is 81.2 cm³/mol. The molecular weight excluding hydrogens is 276 g/mol. The van der Waals surface area contributed by atoms with Gasteiger partial charge in [-0.15, -0.1) is 0 Å². The maximum absolute atomic E-state index is 12.3. The summed E-state index contributed by atoms with van der Waals surface area (Å²) in [6, 6.07) is 5.46. The molecule has 0 spiro atoms. The molecule has 5 heteroatoms. The Morgan fingerprint density at radius 2 is 2.30 bits per heavy atom. The van der Waals surface area contributed by atoms with E-state index in [0.29, 0.717) is 30.1 Å². The third-order valence-corrected chi connectivity index (χ3v) is 4.25. The number of piperidine rings is 1. The molecule has 1 aliphatic rings. The summed E-state index contributed by atoms with van der Waals surface area (Å²) in [6.45, 7) is 4.55. The average molecular weight is 297 g/mol. The molecule has 1 aromatic carbocycles. The highest BCUT2D eigenvalue weighted by Crippen LogP contribution is 2.23. The molecule has 0 saturated carbocycles. The van der Waals surface area contributed by atoms with Crippen LogP contribution in [0, 0.1) is 6.92 Å². The number of aryl methyl sites for hydroxylation is 1. The van der Waals surface area contributed by atoms with E-state index in [0.717, 1.165) is 12.0 Å². The van der Waals surface area contributed by atoms with Gasteiger partial charge in [0.1, 0.15) is 0 Å². The van der Waals surface area contributed by atoms with Crippen LogP contribution in [0.15, 0.2) is 18.2 Å². The number of halogens is 1. The van der Waals surface area contributed by atoms with Gasteiger partial charge in [0.25, 0.3) is 0 Å². The van der Waals surface area contributed by atoms with Crippen molar-refractivity contribution in [2.24, 2.45) is 0 Å². The summed E-state index contributed by atoms with van der Waals surface area (Å²) in [4.78, 5) is 14.1. The molecule has 2 atom stereocenters. The number of rotatable bonds is 2. The second-order valence-corrected chi connectivity index (χ2v) is 5.73. The summed E-state index contributed by atoms with van der Waals surface area (Å²) in [6.07, 6.45) is 1.84. The molecule has 1 aromatic rings. The molecule has 110 valence electrons. The fraction of sp³-hybridized carbons (Fsp3) is 0.533. The van der Waals surface area contributed by atoms with Crippen molar-refractivity contribution in [1.29, 1.82) is 0 Å². The van der Waals surface area contributed by atoms with Crippen LogP contribution in [-0.4, -0.2) is 34.7 Å². The van der Waals surface area contributed by atoms with Gasteiger partial charge in [0, 0.05) is 23.3 Å².